The number of pyridine rings is 1. The van der Waals surface area contributed by atoms with Gasteiger partial charge in [-0.15, -0.1) is 0 Å². The van der Waals surface area contributed by atoms with Crippen LogP contribution in [0.1, 0.15) is 11.1 Å². The van der Waals surface area contributed by atoms with Crippen LogP contribution >= 0.6 is 11.6 Å². The summed E-state index contributed by atoms with van der Waals surface area (Å²) in [5, 5.41) is 0.904. The van der Waals surface area contributed by atoms with Crippen LogP contribution in [0, 0.1) is 6.92 Å². The van der Waals surface area contributed by atoms with E-state index >= 15 is 0 Å². The Kier molecular flexibility index (Phi) is 4.24. The molecule has 130 valence electrons. The normalized spacial score (nSPS) is 11.8. The summed E-state index contributed by atoms with van der Waals surface area (Å²) < 4.78 is 44.2. The van der Waals surface area contributed by atoms with Crippen LogP contribution in [0.15, 0.2) is 41.2 Å². The van der Waals surface area contributed by atoms with Gasteiger partial charge in [0, 0.05) is 32.6 Å². The molecule has 1 N–H and O–H groups in total. The van der Waals surface area contributed by atoms with Gasteiger partial charge < -0.3 is 9.72 Å². The van der Waals surface area contributed by atoms with E-state index in [4.69, 9.17) is 16.3 Å². The van der Waals surface area contributed by atoms with E-state index in [1.54, 1.807) is 25.1 Å². The highest BCUT2D eigenvalue weighted by atomic mass is 35.5. The number of alkyl halides is 3. The first-order valence-corrected chi connectivity index (χ1v) is 7.68. The van der Waals surface area contributed by atoms with Gasteiger partial charge in [0.05, 0.1) is 12.7 Å². The second-order valence-corrected chi connectivity index (χ2v) is 5.99. The number of nitrogens with one attached hydrogen (secondary N) is 1. The fraction of sp³-hybridized carbons (Fsp3) is 0.167. The van der Waals surface area contributed by atoms with Gasteiger partial charge in [0.25, 0.3) is 5.56 Å². The van der Waals surface area contributed by atoms with Crippen LogP contribution in [0.2, 0.25) is 5.02 Å². The quantitative estimate of drug-likeness (QED) is 0.677. The van der Waals surface area contributed by atoms with Crippen molar-refractivity contribution in [3.05, 3.63) is 62.9 Å². The Balaban J connectivity index is 2.41. The minimum Gasteiger partial charge on any atom is -0.496 e. The topological polar surface area (TPSA) is 42.1 Å². The third-order valence-corrected chi connectivity index (χ3v) is 4.25. The molecule has 1 heterocycles. The largest absolute Gasteiger partial charge is 0.496 e. The van der Waals surface area contributed by atoms with E-state index in [-0.39, 0.29) is 5.52 Å². The second-order valence-electron chi connectivity index (χ2n) is 5.56. The van der Waals surface area contributed by atoms with Crippen molar-refractivity contribution in [2.75, 3.05) is 7.11 Å². The Bertz CT molecular complexity index is 1030. The van der Waals surface area contributed by atoms with Crippen LogP contribution in [0.4, 0.5) is 13.2 Å². The van der Waals surface area contributed by atoms with Gasteiger partial charge in [-0.3, -0.25) is 4.79 Å². The molecule has 0 bridgehead atoms. The smallest absolute Gasteiger partial charge is 0.416 e. The SMILES string of the molecule is COc1ccc(Cl)cc1-c1c(C)c(=O)[nH]c2cc(C(F)(F)F)ccc12. The third kappa shape index (κ3) is 3.09. The predicted octanol–water partition coefficient (Wildman–Crippen LogP) is 5.18. The summed E-state index contributed by atoms with van der Waals surface area (Å²) in [4.78, 5) is 14.8. The van der Waals surface area contributed by atoms with Crippen molar-refractivity contribution in [1.29, 1.82) is 0 Å². The highest BCUT2D eigenvalue weighted by molar-refractivity contribution is 6.31. The van der Waals surface area contributed by atoms with Crippen molar-refractivity contribution < 1.29 is 17.9 Å². The van der Waals surface area contributed by atoms with Crippen molar-refractivity contribution in [1.82, 2.24) is 4.98 Å². The zero-order valence-electron chi connectivity index (χ0n) is 13.3. The van der Waals surface area contributed by atoms with Crippen molar-refractivity contribution in [2.45, 2.75) is 13.1 Å². The monoisotopic (exact) mass is 367 g/mol. The van der Waals surface area contributed by atoms with Gasteiger partial charge in [-0.25, -0.2) is 0 Å². The summed E-state index contributed by atoms with van der Waals surface area (Å²) in [5.41, 5.74) is 0.206. The van der Waals surface area contributed by atoms with Crippen LogP contribution in [0.3, 0.4) is 0 Å². The number of hydrogen-bond donors (Lipinski definition) is 1. The number of methoxy groups -OCH3 is 1. The zero-order chi connectivity index (χ0) is 18.4. The minimum absolute atomic E-state index is 0.0995. The molecule has 0 radical (unpaired) electrons. The van der Waals surface area contributed by atoms with Crippen molar-refractivity contribution in [3.8, 4) is 16.9 Å². The first-order chi connectivity index (χ1) is 11.7. The summed E-state index contributed by atoms with van der Waals surface area (Å²) in [6.07, 6.45) is -4.50. The Morgan fingerprint density at radius 3 is 2.48 bits per heavy atom. The summed E-state index contributed by atoms with van der Waals surface area (Å²) >= 11 is 6.06. The summed E-state index contributed by atoms with van der Waals surface area (Å²) in [6, 6.07) is 8.16. The lowest BCUT2D eigenvalue weighted by atomic mass is 9.95. The van der Waals surface area contributed by atoms with Crippen LogP contribution in [-0.4, -0.2) is 12.1 Å². The first-order valence-electron chi connectivity index (χ1n) is 7.30. The van der Waals surface area contributed by atoms with E-state index < -0.39 is 17.3 Å². The summed E-state index contributed by atoms with van der Waals surface area (Å²) in [6.45, 7) is 1.60. The van der Waals surface area contributed by atoms with E-state index in [0.29, 0.717) is 32.8 Å². The predicted molar refractivity (Wildman–Crippen MR) is 91.3 cm³/mol. The molecule has 0 unspecified atom stereocenters. The number of benzene rings is 2. The molecular formula is C18H13ClF3NO2. The average molecular weight is 368 g/mol. The van der Waals surface area contributed by atoms with Crippen LogP contribution in [0.5, 0.6) is 5.75 Å². The summed E-state index contributed by atoms with van der Waals surface area (Å²) in [5.74, 6) is 0.472. The molecule has 0 atom stereocenters. The molecule has 3 rings (SSSR count). The van der Waals surface area contributed by atoms with Crippen molar-refractivity contribution >= 4 is 22.5 Å². The number of hydrogen-bond acceptors (Lipinski definition) is 2. The molecule has 3 nitrogen and oxygen atoms in total. The highest BCUT2D eigenvalue weighted by Crippen LogP contribution is 2.39. The fourth-order valence-electron chi connectivity index (χ4n) is 2.80. The standard InChI is InChI=1S/C18H13ClF3NO2/c1-9-16(13-8-11(19)4-6-15(13)25-2)12-5-3-10(18(20,21)22)7-14(12)23-17(9)24/h3-8H,1-2H3,(H,23,24). The molecular weight excluding hydrogens is 355 g/mol. The van der Waals surface area contributed by atoms with Gasteiger partial charge in [0.2, 0.25) is 0 Å². The van der Waals surface area contributed by atoms with Crippen molar-refractivity contribution in [2.24, 2.45) is 0 Å². The molecule has 3 aromatic rings. The Labute approximate surface area is 146 Å². The fourth-order valence-corrected chi connectivity index (χ4v) is 2.97. The second kappa shape index (κ2) is 6.11. The number of H-pyrrole nitrogens is 1. The van der Waals surface area contributed by atoms with E-state index in [1.807, 2.05) is 0 Å². The Morgan fingerprint density at radius 1 is 1.12 bits per heavy atom. The van der Waals surface area contributed by atoms with Crippen molar-refractivity contribution in [3.63, 3.8) is 0 Å². The first kappa shape index (κ1) is 17.4. The van der Waals surface area contributed by atoms with Gasteiger partial charge in [0.1, 0.15) is 5.75 Å². The number of aromatic amines is 1. The van der Waals surface area contributed by atoms with Gasteiger partial charge in [-0.05, 0) is 37.3 Å². The number of fused-ring (bicyclic) bond motifs is 1. The van der Waals surface area contributed by atoms with E-state index in [0.717, 1.165) is 12.1 Å². The summed E-state index contributed by atoms with van der Waals surface area (Å²) in [7, 11) is 1.47. The minimum atomic E-state index is -4.50. The van der Waals surface area contributed by atoms with Crippen LogP contribution < -0.4 is 10.3 Å². The molecule has 0 fully saturated rings. The Hall–Kier alpha value is -2.47. The number of ether oxygens (including phenoxy) is 1. The third-order valence-electron chi connectivity index (χ3n) is 4.01. The van der Waals surface area contributed by atoms with Gasteiger partial charge in [-0.1, -0.05) is 17.7 Å². The van der Waals surface area contributed by atoms with Gasteiger partial charge in [-0.2, -0.15) is 13.2 Å². The van der Waals surface area contributed by atoms with Gasteiger partial charge >= 0.3 is 6.18 Å². The molecule has 0 aliphatic rings. The number of halogens is 4. The van der Waals surface area contributed by atoms with E-state index in [2.05, 4.69) is 4.98 Å². The highest BCUT2D eigenvalue weighted by Gasteiger charge is 2.31. The molecule has 25 heavy (non-hydrogen) atoms. The molecule has 0 saturated carbocycles. The lowest BCUT2D eigenvalue weighted by Gasteiger charge is -2.15. The lowest BCUT2D eigenvalue weighted by Crippen LogP contribution is -2.13. The number of rotatable bonds is 2. The zero-order valence-corrected chi connectivity index (χ0v) is 14.0. The van der Waals surface area contributed by atoms with Gasteiger partial charge in [0.15, 0.2) is 0 Å². The maximum atomic E-state index is 13.0. The molecule has 0 saturated heterocycles. The van der Waals surface area contributed by atoms with Crippen LogP contribution in [0.25, 0.3) is 22.0 Å². The maximum absolute atomic E-state index is 13.0. The molecule has 1 aromatic heterocycles. The molecule has 0 spiro atoms. The average Bonchev–Trinajstić information content (AvgIpc) is 2.54. The molecule has 0 aliphatic heterocycles. The molecule has 0 aliphatic carbocycles. The maximum Gasteiger partial charge on any atom is 0.416 e. The lowest BCUT2D eigenvalue weighted by molar-refractivity contribution is -0.137. The number of aromatic nitrogens is 1. The molecule has 2 aromatic carbocycles. The van der Waals surface area contributed by atoms with E-state index in [9.17, 15) is 18.0 Å². The van der Waals surface area contributed by atoms with E-state index in [1.165, 1.54) is 13.2 Å². The molecule has 0 amide bonds. The Morgan fingerprint density at radius 2 is 1.84 bits per heavy atom. The van der Waals surface area contributed by atoms with Crippen LogP contribution in [-0.2, 0) is 6.18 Å². The molecule has 7 heteroatoms.